The number of aromatic nitrogens is 1. The van der Waals surface area contributed by atoms with E-state index in [0.717, 1.165) is 28.4 Å². The highest BCUT2D eigenvalue weighted by atomic mass is 19.1. The van der Waals surface area contributed by atoms with E-state index in [2.05, 4.69) is 15.6 Å². The van der Waals surface area contributed by atoms with Crippen LogP contribution in [0.5, 0.6) is 5.75 Å². The zero-order chi connectivity index (χ0) is 20.4. The maximum atomic E-state index is 13.7. The first-order valence-electron chi connectivity index (χ1n) is 9.44. The maximum Gasteiger partial charge on any atom is 0.220 e. The second-order valence-electron chi connectivity index (χ2n) is 7.14. The molecular weight excluding hydrogens is 376 g/mol. The number of amides is 1. The third kappa shape index (κ3) is 4.35. The number of rotatable bonds is 5. The number of carbonyl (C=O) groups is 1. The van der Waals surface area contributed by atoms with Gasteiger partial charge in [-0.05, 0) is 48.4 Å². The largest absolute Gasteiger partial charge is 0.497 e. The molecule has 1 aliphatic rings. The lowest BCUT2D eigenvalue weighted by molar-refractivity contribution is -0.123. The second-order valence-corrected chi connectivity index (χ2v) is 7.14. The Kier molecular flexibility index (Phi) is 5.40. The van der Waals surface area contributed by atoms with Crippen LogP contribution in [-0.2, 0) is 11.3 Å². The molecule has 0 saturated carbocycles. The fourth-order valence-corrected chi connectivity index (χ4v) is 3.70. The molecule has 0 unspecified atom stereocenters. The first kappa shape index (κ1) is 19.3. The first-order valence-corrected chi connectivity index (χ1v) is 9.44. The summed E-state index contributed by atoms with van der Waals surface area (Å²) < 4.78 is 32.6. The molecule has 2 atom stereocenters. The summed E-state index contributed by atoms with van der Waals surface area (Å²) in [5.74, 6) is -0.681. The summed E-state index contributed by atoms with van der Waals surface area (Å²) in [4.78, 5) is 16.5. The van der Waals surface area contributed by atoms with Crippen LogP contribution in [0, 0.1) is 11.6 Å². The quantitative estimate of drug-likeness (QED) is 0.690. The van der Waals surface area contributed by atoms with Crippen molar-refractivity contribution in [1.82, 2.24) is 15.6 Å². The van der Waals surface area contributed by atoms with Gasteiger partial charge in [-0.15, -0.1) is 0 Å². The molecule has 1 aliphatic heterocycles. The lowest BCUT2D eigenvalue weighted by Gasteiger charge is -2.33. The smallest absolute Gasteiger partial charge is 0.220 e. The van der Waals surface area contributed by atoms with Gasteiger partial charge in [0.1, 0.15) is 17.4 Å². The molecule has 1 fully saturated rings. The zero-order valence-corrected chi connectivity index (χ0v) is 15.9. The summed E-state index contributed by atoms with van der Waals surface area (Å²) in [7, 11) is 1.62. The number of piperidine rings is 1. The van der Waals surface area contributed by atoms with Crippen molar-refractivity contribution in [2.75, 3.05) is 7.11 Å². The average molecular weight is 397 g/mol. The van der Waals surface area contributed by atoms with Crippen molar-refractivity contribution in [3.05, 3.63) is 71.4 Å². The molecule has 1 aromatic heterocycles. The molecule has 3 aromatic rings. The summed E-state index contributed by atoms with van der Waals surface area (Å²) in [5, 5.41) is 7.21. The van der Waals surface area contributed by atoms with E-state index >= 15 is 0 Å². The van der Waals surface area contributed by atoms with E-state index in [4.69, 9.17) is 4.74 Å². The third-order valence-corrected chi connectivity index (χ3v) is 5.14. The molecule has 0 spiro atoms. The minimum atomic E-state index is -0.662. The Hall–Kier alpha value is -3.06. The minimum Gasteiger partial charge on any atom is -0.497 e. The van der Waals surface area contributed by atoms with Crippen molar-refractivity contribution >= 4 is 16.8 Å². The Labute approximate surface area is 167 Å². The van der Waals surface area contributed by atoms with Gasteiger partial charge in [0.15, 0.2) is 0 Å². The van der Waals surface area contributed by atoms with E-state index in [9.17, 15) is 13.6 Å². The average Bonchev–Trinajstić information content (AvgIpc) is 2.71. The standard InChI is InChI=1S/C22H21F2N3O2/c1-29-18-4-5-19-13(10-18)2-3-17(26-19)12-25-20-6-7-21(28)27-22(20)14-8-15(23)11-16(24)9-14/h2-5,8-11,20,22,25H,6-7,12H2,1H3,(H,27,28)/t20-,22+/m1/s1. The van der Waals surface area contributed by atoms with Gasteiger partial charge in [0, 0.05) is 30.5 Å². The Morgan fingerprint density at radius 2 is 1.93 bits per heavy atom. The van der Waals surface area contributed by atoms with Crippen LogP contribution in [0.4, 0.5) is 8.78 Å². The number of hydrogen-bond acceptors (Lipinski definition) is 4. The van der Waals surface area contributed by atoms with Crippen LogP contribution in [0.2, 0.25) is 0 Å². The monoisotopic (exact) mass is 397 g/mol. The van der Waals surface area contributed by atoms with Crippen LogP contribution in [0.25, 0.3) is 10.9 Å². The summed E-state index contributed by atoms with van der Waals surface area (Å²) in [6, 6.07) is 12.3. The molecule has 5 nitrogen and oxygen atoms in total. The number of carbonyl (C=O) groups excluding carboxylic acids is 1. The van der Waals surface area contributed by atoms with Crippen LogP contribution in [0.1, 0.15) is 30.1 Å². The number of nitrogens with one attached hydrogen (secondary N) is 2. The van der Waals surface area contributed by atoms with Crippen molar-refractivity contribution < 1.29 is 18.3 Å². The molecule has 4 rings (SSSR count). The number of pyridine rings is 1. The van der Waals surface area contributed by atoms with Crippen molar-refractivity contribution in [3.63, 3.8) is 0 Å². The predicted molar refractivity (Wildman–Crippen MR) is 105 cm³/mol. The zero-order valence-electron chi connectivity index (χ0n) is 15.9. The van der Waals surface area contributed by atoms with Crippen LogP contribution >= 0.6 is 0 Å². The molecule has 29 heavy (non-hydrogen) atoms. The molecule has 0 bridgehead atoms. The van der Waals surface area contributed by atoms with Gasteiger partial charge in [0.25, 0.3) is 0 Å². The van der Waals surface area contributed by atoms with Gasteiger partial charge in [-0.25, -0.2) is 8.78 Å². The molecule has 2 N–H and O–H groups in total. The SMILES string of the molecule is COc1ccc2nc(CN[C@@H]3CCC(=O)N[C@H]3c3cc(F)cc(F)c3)ccc2c1. The summed E-state index contributed by atoms with van der Waals surface area (Å²) in [6.07, 6.45) is 0.927. The summed E-state index contributed by atoms with van der Waals surface area (Å²) >= 11 is 0. The summed E-state index contributed by atoms with van der Waals surface area (Å²) in [6.45, 7) is 0.469. The van der Waals surface area contributed by atoms with Gasteiger partial charge in [-0.3, -0.25) is 9.78 Å². The van der Waals surface area contributed by atoms with E-state index in [1.807, 2.05) is 30.3 Å². The predicted octanol–water partition coefficient (Wildman–Crippen LogP) is 3.63. The Morgan fingerprint density at radius 1 is 1.14 bits per heavy atom. The molecule has 150 valence electrons. The highest BCUT2D eigenvalue weighted by Gasteiger charge is 2.30. The normalized spacial score (nSPS) is 19.2. The Morgan fingerprint density at radius 3 is 2.69 bits per heavy atom. The third-order valence-electron chi connectivity index (χ3n) is 5.14. The lowest BCUT2D eigenvalue weighted by Crippen LogP contribution is -2.48. The summed E-state index contributed by atoms with van der Waals surface area (Å²) in [5.41, 5.74) is 2.10. The molecule has 1 saturated heterocycles. The highest BCUT2D eigenvalue weighted by Crippen LogP contribution is 2.26. The number of ether oxygens (including phenoxy) is 1. The highest BCUT2D eigenvalue weighted by molar-refractivity contribution is 5.80. The molecule has 1 amide bonds. The molecule has 2 heterocycles. The minimum absolute atomic E-state index is 0.129. The van der Waals surface area contributed by atoms with Gasteiger partial charge >= 0.3 is 0 Å². The number of hydrogen-bond donors (Lipinski definition) is 2. The van der Waals surface area contributed by atoms with Crippen LogP contribution in [-0.4, -0.2) is 24.0 Å². The topological polar surface area (TPSA) is 63.2 Å². The van der Waals surface area contributed by atoms with Crippen molar-refractivity contribution in [2.24, 2.45) is 0 Å². The van der Waals surface area contributed by atoms with E-state index in [0.29, 0.717) is 24.9 Å². The number of fused-ring (bicyclic) bond motifs is 1. The van der Waals surface area contributed by atoms with E-state index < -0.39 is 17.7 Å². The number of benzene rings is 2. The molecule has 0 aliphatic carbocycles. The van der Waals surface area contributed by atoms with Crippen LogP contribution in [0.15, 0.2) is 48.5 Å². The second kappa shape index (κ2) is 8.13. The fourth-order valence-electron chi connectivity index (χ4n) is 3.70. The van der Waals surface area contributed by atoms with Gasteiger partial charge in [-0.2, -0.15) is 0 Å². The fraction of sp³-hybridized carbons (Fsp3) is 0.273. The van der Waals surface area contributed by atoms with Crippen LogP contribution in [0.3, 0.4) is 0 Å². The first-order chi connectivity index (χ1) is 14.0. The Bertz CT molecular complexity index is 1040. The Balaban J connectivity index is 1.52. The van der Waals surface area contributed by atoms with Gasteiger partial charge in [-0.1, -0.05) is 6.07 Å². The van der Waals surface area contributed by atoms with Crippen molar-refractivity contribution in [1.29, 1.82) is 0 Å². The number of methoxy groups -OCH3 is 1. The van der Waals surface area contributed by atoms with Crippen molar-refractivity contribution in [3.8, 4) is 5.75 Å². The van der Waals surface area contributed by atoms with E-state index in [-0.39, 0.29) is 11.9 Å². The van der Waals surface area contributed by atoms with E-state index in [1.54, 1.807) is 7.11 Å². The van der Waals surface area contributed by atoms with Crippen LogP contribution < -0.4 is 15.4 Å². The molecule has 0 radical (unpaired) electrons. The number of nitrogens with zero attached hydrogens (tertiary/aromatic N) is 1. The molecule has 7 heteroatoms. The molecule has 2 aromatic carbocycles. The lowest BCUT2D eigenvalue weighted by atomic mass is 9.91. The van der Waals surface area contributed by atoms with E-state index in [1.165, 1.54) is 12.1 Å². The molecular formula is C22H21F2N3O2. The number of halogens is 2. The maximum absolute atomic E-state index is 13.7. The van der Waals surface area contributed by atoms with Crippen molar-refractivity contribution in [2.45, 2.75) is 31.5 Å². The van der Waals surface area contributed by atoms with Gasteiger partial charge in [0.2, 0.25) is 5.91 Å². The van der Waals surface area contributed by atoms with Gasteiger partial charge in [0.05, 0.1) is 24.4 Å². The van der Waals surface area contributed by atoms with Gasteiger partial charge < -0.3 is 15.4 Å².